The van der Waals surface area contributed by atoms with Crippen molar-refractivity contribution in [2.24, 2.45) is 5.92 Å². The molecule has 0 heterocycles. The number of nitrogens with one attached hydrogen (secondary N) is 1. The molecule has 1 amide bonds. The van der Waals surface area contributed by atoms with Crippen LogP contribution in [-0.4, -0.2) is 46.7 Å². The van der Waals surface area contributed by atoms with Gasteiger partial charge in [-0.1, -0.05) is 19.9 Å². The highest BCUT2D eigenvalue weighted by molar-refractivity contribution is 6.15. The highest BCUT2D eigenvalue weighted by atomic mass is 35.5. The number of hydrogen-bond acceptors (Lipinski definition) is 5. The van der Waals surface area contributed by atoms with Crippen molar-refractivity contribution in [2.75, 3.05) is 13.0 Å². The summed E-state index contributed by atoms with van der Waals surface area (Å²) in [5, 5.41) is 21.6. The monoisotopic (exact) mass is 403 g/mol. The molecule has 1 aromatic rings. The van der Waals surface area contributed by atoms with Gasteiger partial charge in [0.2, 0.25) is 0 Å². The van der Waals surface area contributed by atoms with Crippen LogP contribution in [0, 0.1) is 5.92 Å². The normalized spacial score (nSPS) is 12.0. The van der Waals surface area contributed by atoms with Crippen LogP contribution < -0.4 is 11.1 Å². The molecule has 0 radical (unpaired) electrons. The van der Waals surface area contributed by atoms with E-state index in [9.17, 15) is 19.8 Å². The van der Waals surface area contributed by atoms with E-state index in [0.29, 0.717) is 11.5 Å². The Bertz CT molecular complexity index is 615. The van der Waals surface area contributed by atoms with E-state index in [2.05, 4.69) is 22.7 Å². The lowest BCUT2D eigenvalue weighted by molar-refractivity contribution is -0.446. The molecule has 1 atom stereocenters. The zero-order valence-corrected chi connectivity index (χ0v) is 17.5. The average Bonchev–Trinajstić information content (AvgIpc) is 2.58. The van der Waals surface area contributed by atoms with Gasteiger partial charge in [0.25, 0.3) is 5.91 Å². The van der Waals surface area contributed by atoms with Gasteiger partial charge in [-0.15, -0.1) is 11.6 Å². The summed E-state index contributed by atoms with van der Waals surface area (Å²) in [4.78, 5) is 24.6. The molecule has 1 unspecified atom stereocenters. The molecule has 6 N–H and O–H groups in total. The number of phenolic OH excluding ortho intramolecular Hbond substituents is 2. The number of amides is 1. The molecule has 0 spiro atoms. The van der Waals surface area contributed by atoms with Crippen molar-refractivity contribution in [1.29, 1.82) is 0 Å². The number of carbonyl (C=O) groups excluding carboxylic acids is 2. The number of phenols is 2. The third kappa shape index (κ3) is 9.49. The highest BCUT2D eigenvalue weighted by Crippen LogP contribution is 2.25. The predicted octanol–water partition coefficient (Wildman–Crippen LogP) is 1.59. The Labute approximate surface area is 165 Å². The van der Waals surface area contributed by atoms with Crippen LogP contribution in [0.4, 0.5) is 0 Å². The molecule has 0 aliphatic heterocycles. The maximum atomic E-state index is 12.4. The number of esters is 1. The summed E-state index contributed by atoms with van der Waals surface area (Å²) in [6.45, 7) is 7.62. The van der Waals surface area contributed by atoms with E-state index in [0.717, 1.165) is 6.42 Å². The number of benzene rings is 1. The van der Waals surface area contributed by atoms with Gasteiger partial charge in [-0.3, -0.25) is 4.79 Å². The van der Waals surface area contributed by atoms with E-state index < -0.39 is 17.6 Å². The van der Waals surface area contributed by atoms with Gasteiger partial charge < -0.3 is 26.0 Å². The summed E-state index contributed by atoms with van der Waals surface area (Å²) < 4.78 is 5.27. The van der Waals surface area contributed by atoms with E-state index in [1.165, 1.54) is 18.5 Å². The maximum absolute atomic E-state index is 12.4. The number of aromatic hydroxyl groups is 2. The zero-order chi connectivity index (χ0) is 21.2. The smallest absolute Gasteiger partial charge is 0.328 e. The minimum atomic E-state index is -0.898. The van der Waals surface area contributed by atoms with Crippen LogP contribution >= 0.6 is 11.6 Å². The lowest BCUT2D eigenvalue weighted by Gasteiger charge is -2.22. The van der Waals surface area contributed by atoms with Gasteiger partial charge >= 0.3 is 5.97 Å². The summed E-state index contributed by atoms with van der Waals surface area (Å²) in [7, 11) is 0. The van der Waals surface area contributed by atoms with Gasteiger partial charge in [0, 0.05) is 12.8 Å². The first-order valence-corrected chi connectivity index (χ1v) is 9.48. The quantitative estimate of drug-likeness (QED) is 0.298. The molecule has 27 heavy (non-hydrogen) atoms. The van der Waals surface area contributed by atoms with Crippen molar-refractivity contribution < 1.29 is 30.3 Å². The zero-order valence-electron chi connectivity index (χ0n) is 16.7. The molecule has 0 aliphatic rings. The Morgan fingerprint density at radius 1 is 1.22 bits per heavy atom. The summed E-state index contributed by atoms with van der Waals surface area (Å²) in [5.41, 5.74) is 3.45. The average molecular weight is 404 g/mol. The van der Waals surface area contributed by atoms with Crippen LogP contribution in [0.15, 0.2) is 18.2 Å². The summed E-state index contributed by atoms with van der Waals surface area (Å²) in [6, 6.07) is 3.36. The molecular weight excluding hydrogens is 372 g/mol. The first-order chi connectivity index (χ1) is 12.5. The largest absolute Gasteiger partial charge is 0.504 e. The van der Waals surface area contributed by atoms with Crippen LogP contribution in [0.3, 0.4) is 0 Å². The van der Waals surface area contributed by atoms with Crippen molar-refractivity contribution in [1.82, 2.24) is 5.32 Å². The Balaban J connectivity index is 0.00000326. The van der Waals surface area contributed by atoms with Crippen molar-refractivity contribution >= 4 is 23.5 Å². The summed E-state index contributed by atoms with van der Waals surface area (Å²) >= 11 is 4.64. The topological polar surface area (TPSA) is 124 Å². The summed E-state index contributed by atoms with van der Waals surface area (Å²) in [5.74, 6) is -1.04. The van der Waals surface area contributed by atoms with Gasteiger partial charge in [-0.25, -0.2) is 4.79 Å². The van der Waals surface area contributed by atoms with Crippen LogP contribution in [0.25, 0.3) is 0 Å². The Hall–Kier alpha value is -1.99. The van der Waals surface area contributed by atoms with Gasteiger partial charge in [0.05, 0.1) is 6.61 Å². The predicted molar refractivity (Wildman–Crippen MR) is 105 cm³/mol. The fraction of sp³-hybridized carbons (Fsp3) is 0.579. The molecule has 0 saturated heterocycles. The van der Waals surface area contributed by atoms with Crippen LogP contribution in [0.1, 0.15) is 39.7 Å². The molecule has 8 heteroatoms. The lowest BCUT2D eigenvalue weighted by atomic mass is 10.0. The Morgan fingerprint density at radius 2 is 1.81 bits per heavy atom. The van der Waals surface area contributed by atoms with Gasteiger partial charge in [-0.05, 0) is 43.9 Å². The molecular formula is C19H32ClN2O5+. The van der Waals surface area contributed by atoms with E-state index in [-0.39, 0.29) is 30.4 Å². The Morgan fingerprint density at radius 3 is 2.30 bits per heavy atom. The molecule has 7 nitrogen and oxygen atoms in total. The standard InChI is InChI=1S/C18H28N2O5.CH3Cl/c1-11(2)7-8-25-16(23)13(20-17(24)18(3,4)19)9-12-5-6-14(21)15(22)10-12;1-2/h5-6,10-11,13,21-22H,7-9,19H2,1-4H3,(H,20,24);1H3/p+1. The number of carbonyl (C=O) groups is 2. The molecule has 0 bridgehead atoms. The molecule has 0 aromatic heterocycles. The van der Waals surface area contributed by atoms with Gasteiger partial charge in [0.1, 0.15) is 6.04 Å². The van der Waals surface area contributed by atoms with Crippen molar-refractivity contribution in [3.63, 3.8) is 0 Å². The second-order valence-corrected chi connectivity index (χ2v) is 7.29. The van der Waals surface area contributed by atoms with Crippen molar-refractivity contribution in [3.8, 4) is 11.5 Å². The third-order valence-corrected chi connectivity index (χ3v) is 3.62. The van der Waals surface area contributed by atoms with Crippen LogP contribution in [0.5, 0.6) is 11.5 Å². The number of quaternary nitrogens is 1. The number of ether oxygens (including phenoxy) is 1. The number of hydrogen-bond donors (Lipinski definition) is 4. The first kappa shape index (κ1) is 25.0. The molecule has 0 saturated carbocycles. The third-order valence-electron chi connectivity index (χ3n) is 3.62. The molecule has 0 aliphatic carbocycles. The number of alkyl halides is 1. The van der Waals surface area contributed by atoms with Gasteiger partial charge in [0.15, 0.2) is 17.0 Å². The van der Waals surface area contributed by atoms with E-state index in [1.807, 2.05) is 13.8 Å². The minimum Gasteiger partial charge on any atom is -0.504 e. The van der Waals surface area contributed by atoms with Crippen LogP contribution in [-0.2, 0) is 20.7 Å². The van der Waals surface area contributed by atoms with E-state index in [4.69, 9.17) is 4.74 Å². The number of rotatable bonds is 8. The highest BCUT2D eigenvalue weighted by Gasteiger charge is 2.31. The summed E-state index contributed by atoms with van der Waals surface area (Å²) in [6.07, 6.45) is 2.34. The molecule has 1 aromatic carbocycles. The second kappa shape index (κ2) is 11.7. The fourth-order valence-corrected chi connectivity index (χ4v) is 1.97. The van der Waals surface area contributed by atoms with Crippen molar-refractivity contribution in [3.05, 3.63) is 23.8 Å². The van der Waals surface area contributed by atoms with Gasteiger partial charge in [-0.2, -0.15) is 0 Å². The minimum absolute atomic E-state index is 0.135. The van der Waals surface area contributed by atoms with E-state index in [1.54, 1.807) is 19.9 Å². The SMILES string of the molecule is CC(C)CCOC(=O)C(Cc1ccc(O)c(O)c1)NC(=O)C(C)(C)[NH3+].CCl. The maximum Gasteiger partial charge on any atom is 0.328 e. The van der Waals surface area contributed by atoms with Crippen molar-refractivity contribution in [2.45, 2.75) is 52.1 Å². The fourth-order valence-electron chi connectivity index (χ4n) is 1.97. The van der Waals surface area contributed by atoms with Crippen LogP contribution in [0.2, 0.25) is 0 Å². The number of halogens is 1. The molecule has 1 rings (SSSR count). The molecule has 0 fully saturated rings. The second-order valence-electron chi connectivity index (χ2n) is 7.29. The van der Waals surface area contributed by atoms with E-state index >= 15 is 0 Å². The molecule has 154 valence electrons. The first-order valence-electron chi connectivity index (χ1n) is 8.72. The lowest BCUT2D eigenvalue weighted by Crippen LogP contribution is -2.76. The Kier molecular flexibility index (Phi) is 10.8.